The lowest BCUT2D eigenvalue weighted by Crippen LogP contribution is -2.31. The normalized spacial score (nSPS) is 11.1. The maximum atomic E-state index is 5.47. The summed E-state index contributed by atoms with van der Waals surface area (Å²) in [6.45, 7) is 5.55. The molecule has 1 aromatic heterocycles. The fraction of sp³-hybridized carbons (Fsp3) is 0.667. The van der Waals surface area contributed by atoms with Gasteiger partial charge in [0.2, 0.25) is 5.95 Å². The van der Waals surface area contributed by atoms with E-state index in [-0.39, 0.29) is 0 Å². The van der Waals surface area contributed by atoms with Crippen molar-refractivity contribution in [2.75, 3.05) is 25.5 Å². The molecule has 0 saturated heterocycles. The molecule has 15 heavy (non-hydrogen) atoms. The first-order valence-corrected chi connectivity index (χ1v) is 4.98. The van der Waals surface area contributed by atoms with Crippen LogP contribution in [-0.4, -0.2) is 40.1 Å². The highest BCUT2D eigenvalue weighted by molar-refractivity contribution is 5.22. The molecule has 1 heterocycles. The van der Waals surface area contributed by atoms with Crippen molar-refractivity contribution in [2.24, 2.45) is 5.84 Å². The van der Waals surface area contributed by atoms with Crippen LogP contribution < -0.4 is 11.2 Å². The van der Waals surface area contributed by atoms with Crippen LogP contribution in [0.25, 0.3) is 0 Å². The zero-order valence-electron chi connectivity index (χ0n) is 9.44. The minimum absolute atomic E-state index is 0.311. The van der Waals surface area contributed by atoms with Crippen molar-refractivity contribution in [1.29, 1.82) is 0 Å². The Hall–Kier alpha value is -1.27. The monoisotopic (exact) mass is 210 g/mol. The highest BCUT2D eigenvalue weighted by atomic mass is 15.4. The van der Waals surface area contributed by atoms with Gasteiger partial charge < -0.3 is 5.32 Å². The fourth-order valence-electron chi connectivity index (χ4n) is 1.02. The van der Waals surface area contributed by atoms with E-state index in [1.807, 2.05) is 20.9 Å². The second-order valence-corrected chi connectivity index (χ2v) is 3.73. The third kappa shape index (κ3) is 4.18. The number of aromatic nitrogens is 3. The average Bonchev–Trinajstić information content (AvgIpc) is 2.17. The van der Waals surface area contributed by atoms with Crippen LogP contribution in [0.5, 0.6) is 0 Å². The number of nitrogens with two attached hydrogens (primary N) is 1. The zero-order valence-corrected chi connectivity index (χ0v) is 9.44. The van der Waals surface area contributed by atoms with E-state index in [1.165, 1.54) is 6.33 Å². The van der Waals surface area contributed by atoms with E-state index in [4.69, 9.17) is 5.84 Å². The molecule has 0 aliphatic rings. The number of anilines is 1. The summed E-state index contributed by atoms with van der Waals surface area (Å²) >= 11 is 0. The molecule has 0 amide bonds. The number of likely N-dealkylation sites (N-methyl/N-ethyl adjacent to an activating group) is 1. The second kappa shape index (κ2) is 5.57. The summed E-state index contributed by atoms with van der Waals surface area (Å²) in [4.78, 5) is 12.4. The second-order valence-electron chi connectivity index (χ2n) is 3.73. The molecule has 0 bridgehead atoms. The van der Waals surface area contributed by atoms with Gasteiger partial charge in [-0.05, 0) is 0 Å². The largest absolute Gasteiger partial charge is 0.353 e. The summed E-state index contributed by atoms with van der Waals surface area (Å²) in [5, 5.41) is 4.70. The number of nitrogens with zero attached hydrogens (tertiary/aromatic N) is 4. The molecule has 6 heteroatoms. The van der Waals surface area contributed by atoms with Crippen molar-refractivity contribution in [1.82, 2.24) is 20.0 Å². The Balaban J connectivity index is 2.50. The molecule has 0 aliphatic heterocycles. The SMILES string of the molecule is CC(C)c1ncnc(NCCN(C)N)n1. The Morgan fingerprint density at radius 3 is 2.80 bits per heavy atom. The van der Waals surface area contributed by atoms with Crippen LogP contribution in [0.3, 0.4) is 0 Å². The number of hydrogen-bond acceptors (Lipinski definition) is 6. The standard InChI is InChI=1S/C9H18N6/c1-7(2)8-12-6-13-9(14-8)11-4-5-15(3)10/h6-7H,4-5,10H2,1-3H3,(H,11,12,13,14). The molecule has 84 valence electrons. The highest BCUT2D eigenvalue weighted by Gasteiger charge is 2.04. The van der Waals surface area contributed by atoms with Gasteiger partial charge in [0, 0.05) is 26.1 Å². The minimum Gasteiger partial charge on any atom is -0.353 e. The van der Waals surface area contributed by atoms with Crippen molar-refractivity contribution in [3.63, 3.8) is 0 Å². The molecule has 0 aromatic carbocycles. The molecule has 0 fully saturated rings. The maximum Gasteiger partial charge on any atom is 0.225 e. The van der Waals surface area contributed by atoms with Gasteiger partial charge >= 0.3 is 0 Å². The molecule has 0 atom stereocenters. The molecule has 0 radical (unpaired) electrons. The van der Waals surface area contributed by atoms with Gasteiger partial charge in [0.25, 0.3) is 0 Å². The lowest BCUT2D eigenvalue weighted by molar-refractivity contribution is 0.363. The average molecular weight is 210 g/mol. The van der Waals surface area contributed by atoms with Crippen molar-refractivity contribution in [3.8, 4) is 0 Å². The van der Waals surface area contributed by atoms with Gasteiger partial charge in [0.1, 0.15) is 12.2 Å². The van der Waals surface area contributed by atoms with Gasteiger partial charge in [0.05, 0.1) is 0 Å². The Morgan fingerprint density at radius 2 is 2.20 bits per heavy atom. The van der Waals surface area contributed by atoms with Gasteiger partial charge in [0.15, 0.2) is 0 Å². The van der Waals surface area contributed by atoms with Crippen molar-refractivity contribution in [2.45, 2.75) is 19.8 Å². The van der Waals surface area contributed by atoms with Gasteiger partial charge in [-0.25, -0.2) is 15.0 Å². The lowest BCUT2D eigenvalue weighted by Gasteiger charge is -2.10. The molecule has 1 aromatic rings. The van der Waals surface area contributed by atoms with Gasteiger partial charge in [-0.2, -0.15) is 4.98 Å². The summed E-state index contributed by atoms with van der Waals surface area (Å²) < 4.78 is 0. The summed E-state index contributed by atoms with van der Waals surface area (Å²) in [6.07, 6.45) is 1.52. The summed E-state index contributed by atoms with van der Waals surface area (Å²) in [5.74, 6) is 7.19. The molecule has 6 nitrogen and oxygen atoms in total. The minimum atomic E-state index is 0.311. The molecule has 0 unspecified atom stereocenters. The Bertz CT molecular complexity index is 298. The van der Waals surface area contributed by atoms with Crippen LogP contribution in [0.2, 0.25) is 0 Å². The van der Waals surface area contributed by atoms with Crippen LogP contribution in [0.15, 0.2) is 6.33 Å². The van der Waals surface area contributed by atoms with Gasteiger partial charge in [-0.3, -0.25) is 5.84 Å². The molecular weight excluding hydrogens is 192 g/mol. The van der Waals surface area contributed by atoms with Crippen LogP contribution >= 0.6 is 0 Å². The fourth-order valence-corrected chi connectivity index (χ4v) is 1.02. The van der Waals surface area contributed by atoms with E-state index in [0.29, 0.717) is 18.4 Å². The first-order valence-electron chi connectivity index (χ1n) is 4.98. The molecule has 1 rings (SSSR count). The summed E-state index contributed by atoms with van der Waals surface area (Å²) in [7, 11) is 1.81. The predicted molar refractivity (Wildman–Crippen MR) is 59.2 cm³/mol. The first-order chi connectivity index (χ1) is 7.09. The van der Waals surface area contributed by atoms with Crippen molar-refractivity contribution in [3.05, 3.63) is 12.2 Å². The van der Waals surface area contributed by atoms with E-state index in [9.17, 15) is 0 Å². The van der Waals surface area contributed by atoms with E-state index < -0.39 is 0 Å². The smallest absolute Gasteiger partial charge is 0.225 e. The van der Waals surface area contributed by atoms with Crippen molar-refractivity contribution < 1.29 is 0 Å². The number of rotatable bonds is 5. The van der Waals surface area contributed by atoms with Gasteiger partial charge in [-0.15, -0.1) is 0 Å². The Labute approximate surface area is 89.9 Å². The van der Waals surface area contributed by atoms with E-state index in [0.717, 1.165) is 12.4 Å². The number of hydrogen-bond donors (Lipinski definition) is 2. The van der Waals surface area contributed by atoms with Crippen LogP contribution in [0.1, 0.15) is 25.6 Å². The summed E-state index contributed by atoms with van der Waals surface area (Å²) in [5.41, 5.74) is 0. The zero-order chi connectivity index (χ0) is 11.3. The predicted octanol–water partition coefficient (Wildman–Crippen LogP) is 0.212. The van der Waals surface area contributed by atoms with E-state index >= 15 is 0 Å². The molecule has 3 N–H and O–H groups in total. The lowest BCUT2D eigenvalue weighted by atomic mass is 10.2. The Kier molecular flexibility index (Phi) is 4.38. The third-order valence-corrected chi connectivity index (χ3v) is 1.85. The summed E-state index contributed by atoms with van der Waals surface area (Å²) in [6, 6.07) is 0. The topological polar surface area (TPSA) is 80.0 Å². The third-order valence-electron chi connectivity index (χ3n) is 1.85. The van der Waals surface area contributed by atoms with Gasteiger partial charge in [-0.1, -0.05) is 13.8 Å². The van der Waals surface area contributed by atoms with Crippen molar-refractivity contribution >= 4 is 5.95 Å². The quantitative estimate of drug-likeness (QED) is 0.534. The molecular formula is C9H18N6. The van der Waals surface area contributed by atoms with E-state index in [2.05, 4.69) is 20.3 Å². The number of hydrazine groups is 1. The van der Waals surface area contributed by atoms with Crippen LogP contribution in [0.4, 0.5) is 5.95 Å². The molecule has 0 saturated carbocycles. The first kappa shape index (κ1) is 11.8. The Morgan fingerprint density at radius 1 is 1.47 bits per heavy atom. The van der Waals surface area contributed by atoms with Crippen LogP contribution in [-0.2, 0) is 0 Å². The van der Waals surface area contributed by atoms with E-state index in [1.54, 1.807) is 5.01 Å². The molecule has 0 aliphatic carbocycles. The number of nitrogens with one attached hydrogen (secondary N) is 1. The highest BCUT2D eigenvalue weighted by Crippen LogP contribution is 2.08. The molecule has 0 spiro atoms. The maximum absolute atomic E-state index is 5.47. The van der Waals surface area contributed by atoms with Crippen LogP contribution in [0, 0.1) is 0 Å².